The standard InChI is InChI=1S/C18H27N3O3/c1-20(2)12-17(22)21-13-18(14-21)11-15(7-10-24-18)6-9-23-16-5-3-4-8-19-16/h3-5,8,15H,6-7,9-14H2,1-2H3/t15-/m0/s1. The van der Waals surface area contributed by atoms with Crippen LogP contribution in [0.25, 0.3) is 0 Å². The van der Waals surface area contributed by atoms with Gasteiger partial charge in [-0.1, -0.05) is 6.07 Å². The lowest BCUT2D eigenvalue weighted by Crippen LogP contribution is -2.67. The minimum atomic E-state index is -0.115. The third-order valence-corrected chi connectivity index (χ3v) is 4.77. The van der Waals surface area contributed by atoms with E-state index in [0.29, 0.717) is 24.9 Å². The van der Waals surface area contributed by atoms with E-state index in [1.165, 1.54) is 0 Å². The van der Waals surface area contributed by atoms with Crippen LogP contribution < -0.4 is 4.74 Å². The molecule has 0 unspecified atom stereocenters. The van der Waals surface area contributed by atoms with E-state index in [0.717, 1.165) is 39.0 Å². The number of aromatic nitrogens is 1. The number of likely N-dealkylation sites (tertiary alicyclic amines) is 1. The van der Waals surface area contributed by atoms with Crippen molar-refractivity contribution >= 4 is 5.91 Å². The number of nitrogens with zero attached hydrogens (tertiary/aromatic N) is 3. The van der Waals surface area contributed by atoms with Crippen molar-refractivity contribution < 1.29 is 14.3 Å². The van der Waals surface area contributed by atoms with Crippen LogP contribution in [0, 0.1) is 5.92 Å². The van der Waals surface area contributed by atoms with E-state index >= 15 is 0 Å². The van der Waals surface area contributed by atoms with Crippen molar-refractivity contribution in [3.05, 3.63) is 24.4 Å². The number of likely N-dealkylation sites (N-methyl/N-ethyl adjacent to an activating group) is 1. The van der Waals surface area contributed by atoms with E-state index in [-0.39, 0.29) is 11.5 Å². The number of pyridine rings is 1. The highest BCUT2D eigenvalue weighted by atomic mass is 16.5. The summed E-state index contributed by atoms with van der Waals surface area (Å²) in [5, 5.41) is 0. The number of rotatable bonds is 6. The lowest BCUT2D eigenvalue weighted by Gasteiger charge is -2.53. The molecule has 6 nitrogen and oxygen atoms in total. The molecule has 3 rings (SSSR count). The van der Waals surface area contributed by atoms with E-state index in [9.17, 15) is 4.79 Å². The topological polar surface area (TPSA) is 54.9 Å². The van der Waals surface area contributed by atoms with Gasteiger partial charge in [0.15, 0.2) is 0 Å². The maximum Gasteiger partial charge on any atom is 0.236 e. The first-order valence-corrected chi connectivity index (χ1v) is 8.67. The lowest BCUT2D eigenvalue weighted by atomic mass is 9.79. The van der Waals surface area contributed by atoms with Gasteiger partial charge in [0.25, 0.3) is 0 Å². The number of carbonyl (C=O) groups is 1. The summed E-state index contributed by atoms with van der Waals surface area (Å²) in [6.45, 7) is 3.40. The second-order valence-corrected chi connectivity index (χ2v) is 7.18. The number of hydrogen-bond donors (Lipinski definition) is 0. The molecule has 2 fully saturated rings. The molecule has 0 radical (unpaired) electrons. The summed E-state index contributed by atoms with van der Waals surface area (Å²) >= 11 is 0. The molecular weight excluding hydrogens is 306 g/mol. The first kappa shape index (κ1) is 17.2. The Balaban J connectivity index is 1.41. The Morgan fingerprint density at radius 1 is 1.46 bits per heavy atom. The first-order valence-electron chi connectivity index (χ1n) is 8.67. The zero-order chi connectivity index (χ0) is 17.0. The molecule has 1 atom stereocenters. The summed E-state index contributed by atoms with van der Waals surface area (Å²) in [5.41, 5.74) is -0.115. The summed E-state index contributed by atoms with van der Waals surface area (Å²) < 4.78 is 11.7. The number of hydrogen-bond acceptors (Lipinski definition) is 5. The average Bonchev–Trinajstić information content (AvgIpc) is 2.53. The van der Waals surface area contributed by atoms with Gasteiger partial charge in [-0.25, -0.2) is 4.98 Å². The van der Waals surface area contributed by atoms with E-state index in [1.807, 2.05) is 42.1 Å². The van der Waals surface area contributed by atoms with Crippen LogP contribution in [-0.4, -0.2) is 73.2 Å². The fourth-order valence-corrected chi connectivity index (χ4v) is 3.55. The maximum atomic E-state index is 12.1. The first-order chi connectivity index (χ1) is 11.6. The van der Waals surface area contributed by atoms with Gasteiger partial charge in [-0.15, -0.1) is 0 Å². The summed E-state index contributed by atoms with van der Waals surface area (Å²) in [5.74, 6) is 1.46. The molecule has 0 aromatic carbocycles. The van der Waals surface area contributed by atoms with Crippen molar-refractivity contribution in [2.24, 2.45) is 5.92 Å². The largest absolute Gasteiger partial charge is 0.478 e. The fourth-order valence-electron chi connectivity index (χ4n) is 3.55. The number of carbonyl (C=O) groups excluding carboxylic acids is 1. The van der Waals surface area contributed by atoms with Crippen LogP contribution >= 0.6 is 0 Å². The van der Waals surface area contributed by atoms with Gasteiger partial charge in [0.05, 0.1) is 26.2 Å². The Kier molecular flexibility index (Phi) is 5.36. The monoisotopic (exact) mass is 333 g/mol. The lowest BCUT2D eigenvalue weighted by molar-refractivity contribution is -0.189. The number of amides is 1. The molecule has 6 heteroatoms. The maximum absolute atomic E-state index is 12.1. The Labute approximate surface area is 143 Å². The Hall–Kier alpha value is -1.66. The van der Waals surface area contributed by atoms with Crippen LogP contribution in [0.3, 0.4) is 0 Å². The van der Waals surface area contributed by atoms with Crippen molar-refractivity contribution in [3.63, 3.8) is 0 Å². The average molecular weight is 333 g/mol. The second-order valence-electron chi connectivity index (χ2n) is 7.18. The Morgan fingerprint density at radius 3 is 3.00 bits per heavy atom. The number of ether oxygens (including phenoxy) is 2. The zero-order valence-electron chi connectivity index (χ0n) is 14.6. The van der Waals surface area contributed by atoms with E-state index < -0.39 is 0 Å². The van der Waals surface area contributed by atoms with Crippen LogP contribution in [0.5, 0.6) is 5.88 Å². The molecule has 24 heavy (non-hydrogen) atoms. The smallest absolute Gasteiger partial charge is 0.236 e. The molecule has 1 aromatic rings. The third-order valence-electron chi connectivity index (χ3n) is 4.77. The highest BCUT2D eigenvalue weighted by molar-refractivity contribution is 5.79. The predicted octanol–water partition coefficient (Wildman–Crippen LogP) is 1.42. The summed E-state index contributed by atoms with van der Waals surface area (Å²) in [6, 6.07) is 5.69. The Bertz CT molecular complexity index is 544. The van der Waals surface area contributed by atoms with Crippen LogP contribution in [-0.2, 0) is 9.53 Å². The molecule has 0 saturated carbocycles. The highest BCUT2D eigenvalue weighted by Gasteiger charge is 2.48. The van der Waals surface area contributed by atoms with Crippen molar-refractivity contribution in [2.45, 2.75) is 24.9 Å². The molecule has 0 aliphatic carbocycles. The van der Waals surface area contributed by atoms with Gasteiger partial charge in [-0.3, -0.25) is 4.79 Å². The minimum Gasteiger partial charge on any atom is -0.478 e. The van der Waals surface area contributed by atoms with Gasteiger partial charge in [0.1, 0.15) is 5.60 Å². The zero-order valence-corrected chi connectivity index (χ0v) is 14.6. The van der Waals surface area contributed by atoms with Crippen LogP contribution in [0.2, 0.25) is 0 Å². The molecular formula is C18H27N3O3. The van der Waals surface area contributed by atoms with Crippen LogP contribution in [0.15, 0.2) is 24.4 Å². The van der Waals surface area contributed by atoms with Gasteiger partial charge in [-0.2, -0.15) is 0 Å². The molecule has 0 bridgehead atoms. The molecule has 0 N–H and O–H groups in total. The SMILES string of the molecule is CN(C)CC(=O)N1CC2(C[C@@H](CCOc3ccccn3)CCO2)C1. The normalized spacial score (nSPS) is 22.5. The van der Waals surface area contributed by atoms with Gasteiger partial charge in [0, 0.05) is 18.9 Å². The summed E-state index contributed by atoms with van der Waals surface area (Å²) in [6.07, 6.45) is 4.84. The molecule has 1 amide bonds. The minimum absolute atomic E-state index is 0.115. The van der Waals surface area contributed by atoms with Crippen molar-refractivity contribution in [1.29, 1.82) is 0 Å². The third kappa shape index (κ3) is 4.24. The van der Waals surface area contributed by atoms with Gasteiger partial charge < -0.3 is 19.3 Å². The van der Waals surface area contributed by atoms with Gasteiger partial charge in [-0.05, 0) is 45.3 Å². The Morgan fingerprint density at radius 2 is 2.29 bits per heavy atom. The van der Waals surface area contributed by atoms with Crippen LogP contribution in [0.1, 0.15) is 19.3 Å². The van der Waals surface area contributed by atoms with Crippen molar-refractivity contribution in [2.75, 3.05) is 46.9 Å². The molecule has 3 heterocycles. The second kappa shape index (κ2) is 7.49. The van der Waals surface area contributed by atoms with E-state index in [4.69, 9.17) is 9.47 Å². The van der Waals surface area contributed by atoms with E-state index in [1.54, 1.807) is 6.20 Å². The summed E-state index contributed by atoms with van der Waals surface area (Å²) in [7, 11) is 3.84. The molecule has 1 aromatic heterocycles. The quantitative estimate of drug-likeness (QED) is 0.788. The molecule has 1 spiro atoms. The molecule has 2 aliphatic rings. The van der Waals surface area contributed by atoms with Gasteiger partial charge >= 0.3 is 0 Å². The molecule has 2 saturated heterocycles. The van der Waals surface area contributed by atoms with Crippen molar-refractivity contribution in [3.8, 4) is 5.88 Å². The van der Waals surface area contributed by atoms with Crippen LogP contribution in [0.4, 0.5) is 0 Å². The van der Waals surface area contributed by atoms with E-state index in [2.05, 4.69) is 4.98 Å². The predicted molar refractivity (Wildman–Crippen MR) is 90.9 cm³/mol. The molecule has 132 valence electrons. The van der Waals surface area contributed by atoms with Gasteiger partial charge in [0.2, 0.25) is 11.8 Å². The van der Waals surface area contributed by atoms with Crippen molar-refractivity contribution in [1.82, 2.24) is 14.8 Å². The molecule has 2 aliphatic heterocycles. The fraction of sp³-hybridized carbons (Fsp3) is 0.667. The summed E-state index contributed by atoms with van der Waals surface area (Å²) in [4.78, 5) is 20.1. The highest BCUT2D eigenvalue weighted by Crippen LogP contribution is 2.38.